The molecule has 1 aliphatic rings. The second kappa shape index (κ2) is 8.45. The van der Waals surface area contributed by atoms with Gasteiger partial charge in [-0.1, -0.05) is 19.9 Å². The van der Waals surface area contributed by atoms with E-state index in [4.69, 9.17) is 9.47 Å². The number of nitrogens with zero attached hydrogens (tertiary/aromatic N) is 3. The first-order valence-corrected chi connectivity index (χ1v) is 9.19. The number of hydrogen-bond donors (Lipinski definition) is 0. The van der Waals surface area contributed by atoms with Gasteiger partial charge in [-0.2, -0.15) is 23.4 Å². The topological polar surface area (TPSA) is 47.5 Å². The highest BCUT2D eigenvalue weighted by molar-refractivity contribution is 5.67. The lowest BCUT2D eigenvalue weighted by molar-refractivity contribution is -0.237. The van der Waals surface area contributed by atoms with E-state index >= 15 is 0 Å². The molecule has 0 amide bonds. The average molecular weight is 395 g/mol. The van der Waals surface area contributed by atoms with Crippen molar-refractivity contribution in [3.63, 3.8) is 0 Å². The first kappa shape index (κ1) is 20.5. The van der Waals surface area contributed by atoms with Crippen LogP contribution in [0.1, 0.15) is 31.0 Å². The molecule has 1 aliphatic heterocycles. The van der Waals surface area contributed by atoms with Gasteiger partial charge in [0.05, 0.1) is 25.1 Å². The Morgan fingerprint density at radius 2 is 2.00 bits per heavy atom. The largest absolute Gasteiger partial charge is 0.496 e. The van der Waals surface area contributed by atoms with E-state index in [9.17, 15) is 13.2 Å². The van der Waals surface area contributed by atoms with E-state index < -0.39 is 12.3 Å². The highest BCUT2D eigenvalue weighted by Crippen LogP contribution is 2.31. The minimum absolute atomic E-state index is 0.0648. The minimum atomic E-state index is -4.35. The molecular weight excluding hydrogens is 371 g/mol. The summed E-state index contributed by atoms with van der Waals surface area (Å²) >= 11 is 0. The Morgan fingerprint density at radius 1 is 1.21 bits per heavy atom. The third-order valence-electron chi connectivity index (χ3n) is 4.74. The molecule has 0 bridgehead atoms. The van der Waals surface area contributed by atoms with E-state index in [1.165, 1.54) is 0 Å². The Hall–Kier alpha value is -2.19. The fourth-order valence-corrected chi connectivity index (χ4v) is 3.15. The summed E-state index contributed by atoms with van der Waals surface area (Å²) in [5.74, 6) is 0.920. The molecule has 5 nitrogen and oxygen atoms in total. The van der Waals surface area contributed by atoms with Crippen LogP contribution in [0.25, 0.3) is 11.3 Å². The van der Waals surface area contributed by atoms with Gasteiger partial charge in [0.2, 0.25) is 0 Å². The van der Waals surface area contributed by atoms with Gasteiger partial charge in [0.25, 0.3) is 0 Å². The number of hydrogen-bond acceptors (Lipinski definition) is 5. The first-order valence-electron chi connectivity index (χ1n) is 9.19. The fourth-order valence-electron chi connectivity index (χ4n) is 3.15. The van der Waals surface area contributed by atoms with Gasteiger partial charge in [0.1, 0.15) is 5.75 Å². The SMILES string of the molecule is COc1ccc(CN2CCOC(C(F)(F)F)C2)cc1-c1ccc(C(C)C)nn1. The zero-order valence-corrected chi connectivity index (χ0v) is 16.2. The average Bonchev–Trinajstić information content (AvgIpc) is 2.67. The maximum atomic E-state index is 12.9. The molecule has 1 saturated heterocycles. The molecule has 0 aliphatic carbocycles. The van der Waals surface area contributed by atoms with Gasteiger partial charge in [-0.05, 0) is 35.7 Å². The van der Waals surface area contributed by atoms with Crippen molar-refractivity contribution in [2.75, 3.05) is 26.8 Å². The molecule has 0 spiro atoms. The number of halogens is 3. The van der Waals surface area contributed by atoms with Gasteiger partial charge in [-0.3, -0.25) is 4.90 Å². The van der Waals surface area contributed by atoms with Crippen molar-refractivity contribution >= 4 is 0 Å². The molecule has 1 unspecified atom stereocenters. The summed E-state index contributed by atoms with van der Waals surface area (Å²) < 4.78 is 49.1. The van der Waals surface area contributed by atoms with Crippen molar-refractivity contribution in [3.8, 4) is 17.0 Å². The Balaban J connectivity index is 1.81. The molecule has 1 fully saturated rings. The molecular formula is C20H24F3N3O2. The summed E-state index contributed by atoms with van der Waals surface area (Å²) in [5, 5.41) is 8.55. The maximum absolute atomic E-state index is 12.9. The normalized spacial score (nSPS) is 18.5. The Morgan fingerprint density at radius 3 is 2.61 bits per heavy atom. The number of morpholine rings is 1. The summed E-state index contributed by atoms with van der Waals surface area (Å²) in [5.41, 5.74) is 3.21. The maximum Gasteiger partial charge on any atom is 0.415 e. The van der Waals surface area contributed by atoms with Crippen molar-refractivity contribution in [3.05, 3.63) is 41.6 Å². The number of aromatic nitrogens is 2. The monoisotopic (exact) mass is 395 g/mol. The standard InChI is InChI=1S/C20H24F3N3O2/c1-13(2)16-5-6-17(25-24-16)15-10-14(4-7-18(15)27-3)11-26-8-9-28-19(12-26)20(21,22)23/h4-7,10,13,19H,8-9,11-12H2,1-3H3. The van der Waals surface area contributed by atoms with E-state index in [0.717, 1.165) is 16.8 Å². The minimum Gasteiger partial charge on any atom is -0.496 e. The first-order chi connectivity index (χ1) is 13.3. The summed E-state index contributed by atoms with van der Waals surface area (Å²) in [6.45, 7) is 4.83. The second-order valence-corrected chi connectivity index (χ2v) is 7.17. The predicted molar refractivity (Wildman–Crippen MR) is 99.2 cm³/mol. The number of alkyl halides is 3. The van der Waals surface area contributed by atoms with E-state index in [2.05, 4.69) is 10.2 Å². The van der Waals surface area contributed by atoms with E-state index in [1.54, 1.807) is 12.0 Å². The van der Waals surface area contributed by atoms with Crippen LogP contribution in [0.2, 0.25) is 0 Å². The summed E-state index contributed by atoms with van der Waals surface area (Å²) in [6.07, 6.45) is -6.09. The Bertz CT molecular complexity index is 794. The van der Waals surface area contributed by atoms with Gasteiger partial charge in [-0.25, -0.2) is 0 Å². The summed E-state index contributed by atoms with van der Waals surface area (Å²) in [4.78, 5) is 1.75. The van der Waals surface area contributed by atoms with Crippen LogP contribution in [0.4, 0.5) is 13.2 Å². The van der Waals surface area contributed by atoms with Crippen LogP contribution in [-0.4, -0.2) is 54.2 Å². The molecule has 28 heavy (non-hydrogen) atoms. The van der Waals surface area contributed by atoms with Crippen LogP contribution in [0.3, 0.4) is 0 Å². The van der Waals surface area contributed by atoms with Crippen molar-refractivity contribution in [1.82, 2.24) is 15.1 Å². The third-order valence-corrected chi connectivity index (χ3v) is 4.74. The van der Waals surface area contributed by atoms with Crippen molar-refractivity contribution < 1.29 is 22.6 Å². The highest BCUT2D eigenvalue weighted by Gasteiger charge is 2.43. The molecule has 152 valence electrons. The third kappa shape index (κ3) is 4.80. The van der Waals surface area contributed by atoms with E-state index in [-0.39, 0.29) is 19.1 Å². The van der Waals surface area contributed by atoms with Gasteiger partial charge in [-0.15, -0.1) is 0 Å². The van der Waals surface area contributed by atoms with Crippen molar-refractivity contribution in [2.24, 2.45) is 0 Å². The summed E-state index contributed by atoms with van der Waals surface area (Å²) in [7, 11) is 1.57. The van der Waals surface area contributed by atoms with Crippen LogP contribution in [0.5, 0.6) is 5.75 Å². The molecule has 3 rings (SSSR count). The van der Waals surface area contributed by atoms with Crippen molar-refractivity contribution in [2.45, 2.75) is 38.6 Å². The molecule has 0 saturated carbocycles. The fraction of sp³-hybridized carbons (Fsp3) is 0.500. The molecule has 2 heterocycles. The van der Waals surface area contributed by atoms with Crippen LogP contribution in [0, 0.1) is 0 Å². The van der Waals surface area contributed by atoms with Gasteiger partial charge in [0, 0.05) is 25.2 Å². The molecule has 1 aromatic carbocycles. The van der Waals surface area contributed by atoms with Gasteiger partial charge >= 0.3 is 6.18 Å². The lowest BCUT2D eigenvalue weighted by atomic mass is 10.0. The smallest absolute Gasteiger partial charge is 0.415 e. The highest BCUT2D eigenvalue weighted by atomic mass is 19.4. The van der Waals surface area contributed by atoms with Crippen LogP contribution >= 0.6 is 0 Å². The summed E-state index contributed by atoms with van der Waals surface area (Å²) in [6, 6.07) is 9.38. The predicted octanol–water partition coefficient (Wildman–Crippen LogP) is 4.04. The van der Waals surface area contributed by atoms with Crippen molar-refractivity contribution in [1.29, 1.82) is 0 Å². The molecule has 8 heteroatoms. The zero-order valence-electron chi connectivity index (χ0n) is 16.2. The Labute approximate surface area is 162 Å². The number of rotatable bonds is 5. The van der Waals surface area contributed by atoms with Gasteiger partial charge < -0.3 is 9.47 Å². The number of ether oxygens (including phenoxy) is 2. The Kier molecular flexibility index (Phi) is 6.20. The van der Waals surface area contributed by atoms with Gasteiger partial charge in [0.15, 0.2) is 6.10 Å². The lowest BCUT2D eigenvalue weighted by Crippen LogP contribution is -2.48. The second-order valence-electron chi connectivity index (χ2n) is 7.17. The zero-order chi connectivity index (χ0) is 20.3. The molecule has 2 aromatic rings. The number of benzene rings is 1. The van der Waals surface area contributed by atoms with Crippen LogP contribution in [0.15, 0.2) is 30.3 Å². The molecule has 0 N–H and O–H groups in total. The number of methoxy groups -OCH3 is 1. The molecule has 1 aromatic heterocycles. The van der Waals surface area contributed by atoms with E-state index in [1.807, 2.05) is 44.2 Å². The van der Waals surface area contributed by atoms with E-state index in [0.29, 0.717) is 24.5 Å². The quantitative estimate of drug-likeness (QED) is 0.765. The molecule has 1 atom stereocenters. The van der Waals surface area contributed by atoms with Crippen LogP contribution < -0.4 is 4.74 Å². The molecule has 0 radical (unpaired) electrons. The lowest BCUT2D eigenvalue weighted by Gasteiger charge is -2.33. The van der Waals surface area contributed by atoms with Crippen LogP contribution in [-0.2, 0) is 11.3 Å².